The Bertz CT molecular complexity index is 977. The zero-order valence-electron chi connectivity index (χ0n) is 15.3. The Hall–Kier alpha value is -2.04. The number of hydrogen-bond acceptors (Lipinski definition) is 4. The molecule has 28 heavy (non-hydrogen) atoms. The normalized spacial score (nSPS) is 21.3. The molecule has 0 bridgehead atoms. The number of carboxylic acid groups (broad SMARTS) is 1. The van der Waals surface area contributed by atoms with Crippen molar-refractivity contribution in [3.05, 3.63) is 29.8 Å². The Balaban J connectivity index is 1.39. The van der Waals surface area contributed by atoms with E-state index in [2.05, 4.69) is 9.97 Å². The summed E-state index contributed by atoms with van der Waals surface area (Å²) in [5.41, 5.74) is 1.35. The lowest BCUT2D eigenvalue weighted by molar-refractivity contribution is -0.142. The van der Waals surface area contributed by atoms with Crippen molar-refractivity contribution in [1.29, 1.82) is 0 Å². The Kier molecular flexibility index (Phi) is 5.11. The van der Waals surface area contributed by atoms with Crippen LogP contribution in [-0.4, -0.2) is 64.3 Å². The number of benzene rings is 1. The van der Waals surface area contributed by atoms with Gasteiger partial charge < -0.3 is 10.1 Å². The third-order valence-electron chi connectivity index (χ3n) is 5.76. The van der Waals surface area contributed by atoms with Crippen molar-refractivity contribution in [2.24, 2.45) is 5.92 Å². The predicted molar refractivity (Wildman–Crippen MR) is 100 cm³/mol. The minimum absolute atomic E-state index is 0.0969. The van der Waals surface area contributed by atoms with Crippen LogP contribution in [0.3, 0.4) is 0 Å². The fourth-order valence-electron chi connectivity index (χ4n) is 4.05. The van der Waals surface area contributed by atoms with Crippen LogP contribution in [0, 0.1) is 11.7 Å². The lowest BCUT2D eigenvalue weighted by Crippen LogP contribution is -2.50. The largest absolute Gasteiger partial charge is 0.481 e. The quantitative estimate of drug-likeness (QED) is 0.801. The van der Waals surface area contributed by atoms with Crippen LogP contribution in [0.25, 0.3) is 11.0 Å². The van der Waals surface area contributed by atoms with Gasteiger partial charge in [-0.05, 0) is 43.9 Å². The molecule has 8 nitrogen and oxygen atoms in total. The Morgan fingerprint density at radius 1 is 1.11 bits per heavy atom. The lowest BCUT2D eigenvalue weighted by Gasteiger charge is -2.36. The highest BCUT2D eigenvalue weighted by Crippen LogP contribution is 2.30. The zero-order valence-corrected chi connectivity index (χ0v) is 16.2. The number of imidazole rings is 1. The van der Waals surface area contributed by atoms with Crippen molar-refractivity contribution >= 4 is 27.2 Å². The van der Waals surface area contributed by atoms with E-state index < -0.39 is 22.1 Å². The van der Waals surface area contributed by atoms with Gasteiger partial charge in [0, 0.05) is 32.1 Å². The standard InChI is InChI=1S/C18H23FN4O4S/c19-14-1-2-15-16(11-14)21-17(20-15)12-3-7-22(8-4-12)28(26,27)23-9-5-13(6-10-23)18(24)25/h1-2,11-13H,3-10H2,(H,20,21)(H,24,25). The molecule has 2 aliphatic rings. The van der Waals surface area contributed by atoms with Crippen LogP contribution >= 0.6 is 0 Å². The number of nitrogens with one attached hydrogen (secondary N) is 1. The Morgan fingerprint density at radius 2 is 1.71 bits per heavy atom. The lowest BCUT2D eigenvalue weighted by atomic mass is 9.97. The van der Waals surface area contributed by atoms with E-state index in [-0.39, 0.29) is 24.8 Å². The van der Waals surface area contributed by atoms with Crippen LogP contribution in [0.1, 0.15) is 37.4 Å². The number of carbonyl (C=O) groups is 1. The number of halogens is 1. The van der Waals surface area contributed by atoms with Crippen LogP contribution in [0.15, 0.2) is 18.2 Å². The van der Waals surface area contributed by atoms with Crippen molar-refractivity contribution in [2.75, 3.05) is 26.2 Å². The number of aromatic amines is 1. The van der Waals surface area contributed by atoms with Gasteiger partial charge in [-0.2, -0.15) is 17.0 Å². The summed E-state index contributed by atoms with van der Waals surface area (Å²) in [4.78, 5) is 18.7. The second kappa shape index (κ2) is 7.41. The number of piperidine rings is 2. The molecule has 0 spiro atoms. The van der Waals surface area contributed by atoms with Gasteiger partial charge in [-0.3, -0.25) is 4.79 Å². The van der Waals surface area contributed by atoms with Gasteiger partial charge in [0.25, 0.3) is 10.2 Å². The first-order chi connectivity index (χ1) is 13.3. The van der Waals surface area contributed by atoms with Gasteiger partial charge >= 0.3 is 5.97 Å². The molecule has 2 saturated heterocycles. The van der Waals surface area contributed by atoms with Gasteiger partial charge in [-0.15, -0.1) is 0 Å². The second-order valence-electron chi connectivity index (χ2n) is 7.48. The number of hydrogen-bond donors (Lipinski definition) is 2. The highest BCUT2D eigenvalue weighted by atomic mass is 32.2. The van der Waals surface area contributed by atoms with Crippen molar-refractivity contribution in [3.63, 3.8) is 0 Å². The number of fused-ring (bicyclic) bond motifs is 1. The van der Waals surface area contributed by atoms with Crippen molar-refractivity contribution in [3.8, 4) is 0 Å². The molecule has 0 aliphatic carbocycles. The molecule has 2 aromatic rings. The van der Waals surface area contributed by atoms with Gasteiger partial charge in [0.15, 0.2) is 0 Å². The number of aliphatic carboxylic acids is 1. The molecule has 0 radical (unpaired) electrons. The number of H-pyrrole nitrogens is 1. The molecule has 10 heteroatoms. The van der Waals surface area contributed by atoms with E-state index in [0.29, 0.717) is 49.8 Å². The molecule has 2 N–H and O–H groups in total. The smallest absolute Gasteiger partial charge is 0.306 e. The van der Waals surface area contributed by atoms with Crippen molar-refractivity contribution in [2.45, 2.75) is 31.6 Å². The van der Waals surface area contributed by atoms with Gasteiger partial charge in [0.1, 0.15) is 11.6 Å². The molecule has 3 heterocycles. The number of aromatic nitrogens is 2. The van der Waals surface area contributed by atoms with Gasteiger partial charge in [0.05, 0.1) is 17.0 Å². The molecule has 0 amide bonds. The third-order valence-corrected chi connectivity index (χ3v) is 7.79. The molecule has 0 atom stereocenters. The molecule has 4 rings (SSSR count). The first kappa shape index (κ1) is 19.3. The molecule has 1 aromatic carbocycles. The number of rotatable bonds is 4. The Labute approximate surface area is 162 Å². The fraction of sp³-hybridized carbons (Fsp3) is 0.556. The maximum atomic E-state index is 13.4. The van der Waals surface area contributed by atoms with Crippen LogP contribution in [-0.2, 0) is 15.0 Å². The monoisotopic (exact) mass is 410 g/mol. The van der Waals surface area contributed by atoms with E-state index in [1.807, 2.05) is 0 Å². The molecule has 0 saturated carbocycles. The Morgan fingerprint density at radius 3 is 2.32 bits per heavy atom. The molecular weight excluding hydrogens is 387 g/mol. The van der Waals surface area contributed by atoms with Gasteiger partial charge in [-0.25, -0.2) is 9.37 Å². The summed E-state index contributed by atoms with van der Waals surface area (Å²) >= 11 is 0. The summed E-state index contributed by atoms with van der Waals surface area (Å²) in [6, 6.07) is 4.41. The topological polar surface area (TPSA) is 107 Å². The molecule has 1 aromatic heterocycles. The minimum atomic E-state index is -3.58. The summed E-state index contributed by atoms with van der Waals surface area (Å²) in [7, 11) is -3.58. The molecule has 2 aliphatic heterocycles. The fourth-order valence-corrected chi connectivity index (χ4v) is 5.72. The predicted octanol–water partition coefficient (Wildman–Crippen LogP) is 1.92. The SMILES string of the molecule is O=C(O)C1CCN(S(=O)(=O)N2CCC(c3nc4ccc(F)cc4[nH]3)CC2)CC1. The van der Waals surface area contributed by atoms with E-state index >= 15 is 0 Å². The third kappa shape index (κ3) is 3.63. The minimum Gasteiger partial charge on any atom is -0.481 e. The maximum Gasteiger partial charge on any atom is 0.306 e. The van der Waals surface area contributed by atoms with Gasteiger partial charge in [0.2, 0.25) is 0 Å². The first-order valence-electron chi connectivity index (χ1n) is 9.48. The number of nitrogens with zero attached hydrogens (tertiary/aromatic N) is 3. The van der Waals surface area contributed by atoms with E-state index in [4.69, 9.17) is 5.11 Å². The van der Waals surface area contributed by atoms with Crippen LogP contribution in [0.2, 0.25) is 0 Å². The van der Waals surface area contributed by atoms with E-state index in [1.165, 1.54) is 20.7 Å². The highest BCUT2D eigenvalue weighted by molar-refractivity contribution is 7.86. The molecule has 0 unspecified atom stereocenters. The maximum absolute atomic E-state index is 13.4. The summed E-state index contributed by atoms with van der Waals surface area (Å²) in [6.07, 6.45) is 1.96. The number of carboxylic acids is 1. The van der Waals surface area contributed by atoms with Crippen LogP contribution in [0.4, 0.5) is 4.39 Å². The summed E-state index contributed by atoms with van der Waals surface area (Å²) in [5.74, 6) is -0.784. The van der Waals surface area contributed by atoms with Crippen molar-refractivity contribution < 1.29 is 22.7 Å². The van der Waals surface area contributed by atoms with E-state index in [9.17, 15) is 17.6 Å². The average Bonchev–Trinajstić information content (AvgIpc) is 3.11. The second-order valence-corrected chi connectivity index (χ2v) is 9.40. The van der Waals surface area contributed by atoms with Crippen LogP contribution < -0.4 is 0 Å². The van der Waals surface area contributed by atoms with E-state index in [0.717, 1.165) is 5.82 Å². The molecular formula is C18H23FN4O4S. The molecule has 152 valence electrons. The zero-order chi connectivity index (χ0) is 19.9. The van der Waals surface area contributed by atoms with Crippen molar-refractivity contribution in [1.82, 2.24) is 18.6 Å². The van der Waals surface area contributed by atoms with Gasteiger partial charge in [-0.1, -0.05) is 0 Å². The van der Waals surface area contributed by atoms with Crippen LogP contribution in [0.5, 0.6) is 0 Å². The summed E-state index contributed by atoms with van der Waals surface area (Å²) < 4.78 is 42.0. The summed E-state index contributed by atoms with van der Waals surface area (Å²) in [5, 5.41) is 9.07. The summed E-state index contributed by atoms with van der Waals surface area (Å²) in [6.45, 7) is 1.26. The average molecular weight is 410 g/mol. The van der Waals surface area contributed by atoms with E-state index in [1.54, 1.807) is 6.07 Å². The molecule has 2 fully saturated rings. The first-order valence-corrected chi connectivity index (χ1v) is 10.9. The highest BCUT2D eigenvalue weighted by Gasteiger charge is 2.37.